The van der Waals surface area contributed by atoms with Gasteiger partial charge >= 0.3 is 18.3 Å². The molecular formula is C25H29F6N3O4. The number of carbonyl (C=O) groups is 2. The number of carboxylic acids is 1. The molecule has 2 aromatic rings. The van der Waals surface area contributed by atoms with Gasteiger partial charge in [-0.1, -0.05) is 24.3 Å². The Morgan fingerprint density at radius 3 is 2.32 bits per heavy atom. The summed E-state index contributed by atoms with van der Waals surface area (Å²) in [6.45, 7) is 6.66. The summed E-state index contributed by atoms with van der Waals surface area (Å²) in [5.74, 6) is -3.42. The van der Waals surface area contributed by atoms with Gasteiger partial charge in [0, 0.05) is 24.7 Å². The zero-order valence-electron chi connectivity index (χ0n) is 20.9. The lowest BCUT2D eigenvalue weighted by Gasteiger charge is -2.36. The zero-order chi connectivity index (χ0) is 28.7. The second-order valence-electron chi connectivity index (χ2n) is 9.37. The van der Waals surface area contributed by atoms with Gasteiger partial charge in [-0.2, -0.15) is 26.3 Å². The van der Waals surface area contributed by atoms with Crippen molar-refractivity contribution in [2.24, 2.45) is 5.41 Å². The predicted octanol–water partition coefficient (Wildman–Crippen LogP) is 4.71. The Labute approximate surface area is 215 Å². The minimum atomic E-state index is -5.08. The Hall–Kier alpha value is -3.35. The average Bonchev–Trinajstić information content (AvgIpc) is 2.83. The molecule has 2 heterocycles. The fourth-order valence-electron chi connectivity index (χ4n) is 3.76. The van der Waals surface area contributed by atoms with E-state index >= 15 is 0 Å². The number of pyridine rings is 1. The molecule has 1 aliphatic heterocycles. The van der Waals surface area contributed by atoms with Gasteiger partial charge in [-0.25, -0.2) is 9.78 Å². The number of aryl methyl sites for hydroxylation is 1. The van der Waals surface area contributed by atoms with E-state index in [2.05, 4.69) is 21.7 Å². The van der Waals surface area contributed by atoms with Crippen molar-refractivity contribution in [1.29, 1.82) is 0 Å². The molecule has 1 saturated heterocycles. The molecule has 2 atom stereocenters. The quantitative estimate of drug-likeness (QED) is 0.452. The van der Waals surface area contributed by atoms with Crippen molar-refractivity contribution in [3.63, 3.8) is 0 Å². The number of nitrogens with zero attached hydrogens (tertiary/aromatic N) is 1. The second kappa shape index (κ2) is 12.5. The van der Waals surface area contributed by atoms with Crippen LogP contribution in [0, 0.1) is 12.3 Å². The van der Waals surface area contributed by atoms with E-state index in [9.17, 15) is 31.1 Å². The van der Waals surface area contributed by atoms with Gasteiger partial charge < -0.3 is 20.5 Å². The van der Waals surface area contributed by atoms with E-state index in [0.717, 1.165) is 31.1 Å². The molecule has 1 aliphatic rings. The number of piperidine rings is 1. The van der Waals surface area contributed by atoms with Crippen LogP contribution in [0.25, 0.3) is 0 Å². The largest absolute Gasteiger partial charge is 0.490 e. The number of aliphatic carboxylic acids is 1. The molecule has 0 bridgehead atoms. The number of carboxylic acid groups (broad SMARTS) is 1. The second-order valence-corrected chi connectivity index (χ2v) is 9.37. The summed E-state index contributed by atoms with van der Waals surface area (Å²) in [6, 6.07) is 10.1. The summed E-state index contributed by atoms with van der Waals surface area (Å²) in [5, 5.41) is 13.6. The first kappa shape index (κ1) is 30.9. The van der Waals surface area contributed by atoms with Crippen LogP contribution in [-0.2, 0) is 15.8 Å². The van der Waals surface area contributed by atoms with Crippen molar-refractivity contribution in [2.75, 3.05) is 19.7 Å². The first-order chi connectivity index (χ1) is 17.5. The van der Waals surface area contributed by atoms with E-state index < -0.39 is 35.2 Å². The number of hydrogen-bond donors (Lipinski definition) is 3. The number of benzene rings is 1. The van der Waals surface area contributed by atoms with Crippen LogP contribution in [-0.4, -0.2) is 53.9 Å². The Balaban J connectivity index is 0.000000638. The third kappa shape index (κ3) is 8.61. The molecular weight excluding hydrogens is 520 g/mol. The van der Waals surface area contributed by atoms with Crippen molar-refractivity contribution in [2.45, 2.75) is 51.5 Å². The van der Waals surface area contributed by atoms with E-state index in [1.807, 2.05) is 25.1 Å². The van der Waals surface area contributed by atoms with Crippen molar-refractivity contribution in [1.82, 2.24) is 15.6 Å². The van der Waals surface area contributed by atoms with Crippen molar-refractivity contribution < 1.29 is 45.8 Å². The van der Waals surface area contributed by atoms with Crippen LogP contribution in [0.5, 0.6) is 5.88 Å². The van der Waals surface area contributed by atoms with Crippen LogP contribution in [0.15, 0.2) is 42.6 Å². The zero-order valence-corrected chi connectivity index (χ0v) is 20.9. The average molecular weight is 550 g/mol. The lowest BCUT2D eigenvalue weighted by molar-refractivity contribution is -0.192. The Bertz CT molecular complexity index is 1100. The Morgan fingerprint density at radius 2 is 1.74 bits per heavy atom. The smallest absolute Gasteiger partial charge is 0.476 e. The molecule has 210 valence electrons. The summed E-state index contributed by atoms with van der Waals surface area (Å²) in [6.07, 6.45) is -7.66. The number of amides is 1. The lowest BCUT2D eigenvalue weighted by atomic mass is 9.83. The first-order valence-electron chi connectivity index (χ1n) is 11.6. The summed E-state index contributed by atoms with van der Waals surface area (Å²) >= 11 is 0. The summed E-state index contributed by atoms with van der Waals surface area (Å²) in [5.41, 5.74) is 0.344. The highest BCUT2D eigenvalue weighted by atomic mass is 19.4. The number of alkyl halides is 6. The van der Waals surface area contributed by atoms with E-state index in [1.54, 1.807) is 13.8 Å². The number of rotatable bonds is 6. The van der Waals surface area contributed by atoms with Gasteiger partial charge in [-0.15, -0.1) is 0 Å². The van der Waals surface area contributed by atoms with Crippen LogP contribution in [0.1, 0.15) is 42.9 Å². The molecule has 13 heteroatoms. The molecule has 1 amide bonds. The van der Waals surface area contributed by atoms with Crippen LogP contribution in [0.3, 0.4) is 0 Å². The van der Waals surface area contributed by atoms with Gasteiger partial charge in [0.1, 0.15) is 12.2 Å². The molecule has 0 aliphatic carbocycles. The molecule has 38 heavy (non-hydrogen) atoms. The summed E-state index contributed by atoms with van der Waals surface area (Å²) in [7, 11) is 0. The molecule has 0 spiro atoms. The fraction of sp³-hybridized carbons (Fsp3) is 0.480. The number of halogens is 6. The maximum Gasteiger partial charge on any atom is 0.490 e. The van der Waals surface area contributed by atoms with Crippen LogP contribution in [0.2, 0.25) is 0 Å². The van der Waals surface area contributed by atoms with Crippen molar-refractivity contribution in [3.8, 4) is 5.88 Å². The maximum absolute atomic E-state index is 13.2. The fourth-order valence-corrected chi connectivity index (χ4v) is 3.76. The SMILES string of the molecule is Cc1ccccc1[C@@H]1CNCC[C@H]1NC(=O)C(C)(C)COc1ncccc1C(F)(F)F.O=C(O)C(F)(F)F. The normalized spacial score (nSPS) is 18.1. The summed E-state index contributed by atoms with van der Waals surface area (Å²) < 4.78 is 76.6. The first-order valence-corrected chi connectivity index (χ1v) is 11.6. The molecule has 0 radical (unpaired) electrons. The number of ether oxygens (including phenoxy) is 1. The number of nitrogens with one attached hydrogen (secondary N) is 2. The predicted molar refractivity (Wildman–Crippen MR) is 126 cm³/mol. The molecule has 0 saturated carbocycles. The van der Waals surface area contributed by atoms with Gasteiger partial charge in [-0.05, 0) is 57.0 Å². The maximum atomic E-state index is 13.2. The number of aromatic nitrogens is 1. The lowest BCUT2D eigenvalue weighted by Crippen LogP contribution is -2.52. The molecule has 1 fully saturated rings. The van der Waals surface area contributed by atoms with E-state index in [0.29, 0.717) is 0 Å². The Morgan fingerprint density at radius 1 is 1.11 bits per heavy atom. The molecule has 0 unspecified atom stereocenters. The van der Waals surface area contributed by atoms with Gasteiger partial charge in [0.25, 0.3) is 0 Å². The monoisotopic (exact) mass is 549 g/mol. The molecule has 3 N–H and O–H groups in total. The van der Waals surface area contributed by atoms with Crippen LogP contribution in [0.4, 0.5) is 26.3 Å². The molecule has 1 aromatic heterocycles. The highest BCUT2D eigenvalue weighted by Gasteiger charge is 2.39. The number of hydrogen-bond acceptors (Lipinski definition) is 5. The minimum absolute atomic E-state index is 0.0743. The summed E-state index contributed by atoms with van der Waals surface area (Å²) in [4.78, 5) is 25.6. The molecule has 3 rings (SSSR count). The third-order valence-electron chi connectivity index (χ3n) is 5.89. The minimum Gasteiger partial charge on any atom is -0.476 e. The van der Waals surface area contributed by atoms with Gasteiger partial charge in [0.2, 0.25) is 11.8 Å². The third-order valence-corrected chi connectivity index (χ3v) is 5.89. The topological polar surface area (TPSA) is 101 Å². The molecule has 1 aromatic carbocycles. The van der Waals surface area contributed by atoms with Crippen molar-refractivity contribution >= 4 is 11.9 Å². The van der Waals surface area contributed by atoms with Gasteiger partial charge in [0.05, 0.1) is 5.41 Å². The van der Waals surface area contributed by atoms with Crippen LogP contribution >= 0.6 is 0 Å². The van der Waals surface area contributed by atoms with Crippen LogP contribution < -0.4 is 15.4 Å². The van der Waals surface area contributed by atoms with E-state index in [1.165, 1.54) is 17.8 Å². The number of carbonyl (C=O) groups excluding carboxylic acids is 1. The Kier molecular flexibility index (Phi) is 10.1. The van der Waals surface area contributed by atoms with Crippen molar-refractivity contribution in [3.05, 3.63) is 59.3 Å². The standard InChI is InChI=1S/C23H28F3N3O2.C2HF3O2/c1-15-7-4-5-8-16(15)17-13-27-12-10-19(17)29-21(30)22(2,3)14-31-20-18(23(24,25)26)9-6-11-28-20;3-2(4,5)1(6)7/h4-9,11,17,19,27H,10,12-14H2,1-3H3,(H,29,30);(H,6,7)/t17-,19+;/m0./s1. The highest BCUT2D eigenvalue weighted by molar-refractivity contribution is 5.82. The van der Waals surface area contributed by atoms with E-state index in [4.69, 9.17) is 14.6 Å². The molecule has 7 nitrogen and oxygen atoms in total. The van der Waals surface area contributed by atoms with E-state index in [-0.39, 0.29) is 24.5 Å². The van der Waals surface area contributed by atoms with Gasteiger partial charge in [-0.3, -0.25) is 4.79 Å². The highest BCUT2D eigenvalue weighted by Crippen LogP contribution is 2.35. The van der Waals surface area contributed by atoms with Gasteiger partial charge in [0.15, 0.2) is 0 Å².